The first kappa shape index (κ1) is 39.0. The molecule has 0 atom stereocenters. The van der Waals surface area contributed by atoms with E-state index in [2.05, 4.69) is 28.1 Å². The summed E-state index contributed by atoms with van der Waals surface area (Å²) >= 11 is 0. The predicted octanol–water partition coefficient (Wildman–Crippen LogP) is 5.94. The largest absolute Gasteiger partial charge is 0.478 e. The fourth-order valence-corrected chi connectivity index (χ4v) is 9.75. The third-order valence-electron chi connectivity index (χ3n) is 11.5. The number of aromatic nitrogens is 1. The molecular formula is C43H49N5O7S. The maximum atomic E-state index is 14.2. The standard InChI is InChI=1S/C43H49N5O7S/c49-37(44-29-47-23-25-56(54,55)26-24-47)28-48-36-27-33(16-19-35(36)39(31-9-3-1-4-10-31)40(48)32-11-5-2-6-12-32)41(52)46-43(21-7-8-22-43)42(53)45-34-17-13-30(14-18-34)15-20-38(50)51/h2,5-6,11-20,27,31H,1,3-4,7-10,21-26,28-29H2,(H,44,49)(H,45,53)(H,46,52)(H,50,51). The lowest BCUT2D eigenvalue weighted by atomic mass is 9.81. The molecule has 0 spiro atoms. The van der Waals surface area contributed by atoms with Crippen LogP contribution in [0.4, 0.5) is 5.69 Å². The summed E-state index contributed by atoms with van der Waals surface area (Å²) in [6.45, 7) is 0.981. The molecule has 3 amide bonds. The Kier molecular flexibility index (Phi) is 11.7. The van der Waals surface area contributed by atoms with Gasteiger partial charge in [-0.05, 0) is 78.6 Å². The van der Waals surface area contributed by atoms with Gasteiger partial charge in [-0.2, -0.15) is 0 Å². The van der Waals surface area contributed by atoms with E-state index in [-0.39, 0.29) is 48.4 Å². The minimum absolute atomic E-state index is 0.00188. The van der Waals surface area contributed by atoms with Crippen molar-refractivity contribution in [1.29, 1.82) is 0 Å². The summed E-state index contributed by atoms with van der Waals surface area (Å²) in [6.07, 6.45) is 10.5. The van der Waals surface area contributed by atoms with E-state index >= 15 is 0 Å². The van der Waals surface area contributed by atoms with Crippen LogP contribution in [-0.2, 0) is 30.8 Å². The lowest BCUT2D eigenvalue weighted by Crippen LogP contribution is -2.55. The molecule has 4 N–H and O–H groups in total. The maximum Gasteiger partial charge on any atom is 0.328 e. The third-order valence-corrected chi connectivity index (χ3v) is 13.1. The van der Waals surface area contributed by atoms with Crippen molar-refractivity contribution in [3.05, 3.63) is 95.6 Å². The molecule has 7 rings (SSSR count). The number of nitrogens with zero attached hydrogens (tertiary/aromatic N) is 2. The van der Waals surface area contributed by atoms with E-state index in [1.165, 1.54) is 18.1 Å². The highest BCUT2D eigenvalue weighted by molar-refractivity contribution is 7.91. The molecule has 3 fully saturated rings. The van der Waals surface area contributed by atoms with E-state index in [1.54, 1.807) is 24.3 Å². The summed E-state index contributed by atoms with van der Waals surface area (Å²) in [5, 5.41) is 19.0. The van der Waals surface area contributed by atoms with Gasteiger partial charge in [-0.3, -0.25) is 19.3 Å². The second-order valence-electron chi connectivity index (χ2n) is 15.3. The molecule has 3 aliphatic rings. The molecule has 2 heterocycles. The van der Waals surface area contributed by atoms with Gasteiger partial charge in [0.25, 0.3) is 5.91 Å². The lowest BCUT2D eigenvalue weighted by molar-refractivity contribution is -0.131. The number of carbonyl (C=O) groups is 4. The minimum Gasteiger partial charge on any atom is -0.478 e. The molecule has 2 aliphatic carbocycles. The number of sulfone groups is 1. The van der Waals surface area contributed by atoms with Crippen LogP contribution in [0.2, 0.25) is 0 Å². The molecule has 0 radical (unpaired) electrons. The Morgan fingerprint density at radius 1 is 0.857 bits per heavy atom. The molecule has 0 bridgehead atoms. The van der Waals surface area contributed by atoms with Gasteiger partial charge in [0, 0.05) is 35.8 Å². The Balaban J connectivity index is 1.19. The van der Waals surface area contributed by atoms with Gasteiger partial charge < -0.3 is 25.6 Å². The fourth-order valence-electron chi connectivity index (χ4n) is 8.47. The number of benzene rings is 3. The van der Waals surface area contributed by atoms with Crippen LogP contribution in [0.3, 0.4) is 0 Å². The molecule has 3 aromatic carbocycles. The van der Waals surface area contributed by atoms with Gasteiger partial charge in [-0.15, -0.1) is 0 Å². The summed E-state index contributed by atoms with van der Waals surface area (Å²) < 4.78 is 26.0. The highest BCUT2D eigenvalue weighted by Gasteiger charge is 2.43. The van der Waals surface area contributed by atoms with E-state index in [0.29, 0.717) is 42.7 Å². The van der Waals surface area contributed by atoms with Crippen LogP contribution in [0, 0.1) is 0 Å². The number of fused-ring (bicyclic) bond motifs is 1. The molecule has 1 aromatic heterocycles. The van der Waals surface area contributed by atoms with E-state index in [0.717, 1.165) is 66.8 Å². The molecule has 4 aromatic rings. The zero-order valence-electron chi connectivity index (χ0n) is 31.5. The SMILES string of the molecule is O=C(O)C=Cc1ccc(NC(=O)C2(NC(=O)c3ccc4c(C5CCCCC5)c(-c5ccccc5)n(CC(=O)NCN5CCS(=O)(=O)CC5)c4c3)CCCC2)cc1. The van der Waals surface area contributed by atoms with Gasteiger partial charge in [-0.25, -0.2) is 13.2 Å². The van der Waals surface area contributed by atoms with E-state index in [4.69, 9.17) is 5.11 Å². The maximum absolute atomic E-state index is 14.2. The number of rotatable bonds is 12. The van der Waals surface area contributed by atoms with Gasteiger partial charge >= 0.3 is 5.97 Å². The van der Waals surface area contributed by atoms with Crippen LogP contribution < -0.4 is 16.0 Å². The van der Waals surface area contributed by atoms with Crippen molar-refractivity contribution in [2.75, 3.05) is 36.6 Å². The van der Waals surface area contributed by atoms with Crippen LogP contribution in [-0.4, -0.2) is 83.5 Å². The second-order valence-corrected chi connectivity index (χ2v) is 17.6. The molecule has 56 heavy (non-hydrogen) atoms. The first-order chi connectivity index (χ1) is 27.0. The minimum atomic E-state index is -3.05. The van der Waals surface area contributed by atoms with E-state index in [1.807, 2.05) is 45.9 Å². The summed E-state index contributed by atoms with van der Waals surface area (Å²) in [5.41, 5.74) is 4.36. The molecule has 294 valence electrons. The molecule has 1 saturated heterocycles. The number of aliphatic carboxylic acids is 1. The Morgan fingerprint density at radius 2 is 1.55 bits per heavy atom. The summed E-state index contributed by atoms with van der Waals surface area (Å²) in [5.74, 6) is -1.53. The molecule has 13 heteroatoms. The van der Waals surface area contributed by atoms with Crippen molar-refractivity contribution >= 4 is 56.2 Å². The van der Waals surface area contributed by atoms with Crippen molar-refractivity contribution in [3.8, 4) is 11.3 Å². The quantitative estimate of drug-likeness (QED) is 0.128. The summed E-state index contributed by atoms with van der Waals surface area (Å²) in [6, 6.07) is 22.5. The number of hydrogen-bond donors (Lipinski definition) is 4. The lowest BCUT2D eigenvalue weighted by Gasteiger charge is -2.29. The third kappa shape index (κ3) is 8.89. The number of amides is 3. The number of hydrogen-bond acceptors (Lipinski definition) is 7. The van der Waals surface area contributed by atoms with Crippen molar-refractivity contribution < 1.29 is 32.7 Å². The highest BCUT2D eigenvalue weighted by atomic mass is 32.2. The topological polar surface area (TPSA) is 167 Å². The first-order valence-corrected chi connectivity index (χ1v) is 21.4. The van der Waals surface area contributed by atoms with E-state index in [9.17, 15) is 27.6 Å². The molecule has 12 nitrogen and oxygen atoms in total. The average Bonchev–Trinajstić information content (AvgIpc) is 3.81. The Labute approximate surface area is 327 Å². The Morgan fingerprint density at radius 3 is 2.23 bits per heavy atom. The number of anilines is 1. The first-order valence-electron chi connectivity index (χ1n) is 19.6. The fraction of sp³-hybridized carbons (Fsp3) is 0.395. The van der Waals surface area contributed by atoms with Crippen LogP contribution in [0.1, 0.15) is 85.2 Å². The number of carbonyl (C=O) groups excluding carboxylic acids is 3. The Bertz CT molecular complexity index is 2220. The van der Waals surface area contributed by atoms with Gasteiger partial charge in [0.2, 0.25) is 11.8 Å². The van der Waals surface area contributed by atoms with E-state index < -0.39 is 21.3 Å². The van der Waals surface area contributed by atoms with Crippen LogP contribution in [0.5, 0.6) is 0 Å². The smallest absolute Gasteiger partial charge is 0.328 e. The molecular weight excluding hydrogens is 731 g/mol. The average molecular weight is 780 g/mol. The van der Waals surface area contributed by atoms with Gasteiger partial charge in [0.1, 0.15) is 12.1 Å². The zero-order chi connectivity index (χ0) is 39.3. The van der Waals surface area contributed by atoms with Crippen molar-refractivity contribution in [2.24, 2.45) is 0 Å². The van der Waals surface area contributed by atoms with Crippen LogP contribution in [0.15, 0.2) is 78.9 Å². The van der Waals surface area contributed by atoms with Crippen LogP contribution in [0.25, 0.3) is 28.2 Å². The monoisotopic (exact) mass is 779 g/mol. The summed E-state index contributed by atoms with van der Waals surface area (Å²) in [4.78, 5) is 54.7. The van der Waals surface area contributed by atoms with Crippen molar-refractivity contribution in [1.82, 2.24) is 20.1 Å². The summed E-state index contributed by atoms with van der Waals surface area (Å²) in [7, 11) is -3.05. The highest BCUT2D eigenvalue weighted by Crippen LogP contribution is 2.44. The molecule has 2 saturated carbocycles. The molecule has 0 unspecified atom stereocenters. The number of carboxylic acid groups (broad SMARTS) is 1. The molecule has 1 aliphatic heterocycles. The van der Waals surface area contributed by atoms with Gasteiger partial charge in [0.15, 0.2) is 9.84 Å². The predicted molar refractivity (Wildman–Crippen MR) is 217 cm³/mol. The van der Waals surface area contributed by atoms with Crippen LogP contribution >= 0.6 is 0 Å². The zero-order valence-corrected chi connectivity index (χ0v) is 32.3. The van der Waals surface area contributed by atoms with Crippen molar-refractivity contribution in [3.63, 3.8) is 0 Å². The van der Waals surface area contributed by atoms with Gasteiger partial charge in [-0.1, -0.05) is 80.6 Å². The Hall–Kier alpha value is -5.27. The second kappa shape index (κ2) is 16.8. The number of nitrogens with one attached hydrogen (secondary N) is 3. The van der Waals surface area contributed by atoms with Gasteiger partial charge in [0.05, 0.1) is 29.4 Å². The van der Waals surface area contributed by atoms with Crippen molar-refractivity contribution in [2.45, 2.75) is 75.8 Å². The number of carboxylic acids is 1. The normalized spacial score (nSPS) is 18.5.